The number of hydrogen-bond acceptors (Lipinski definition) is 4. The number of hydrogen-bond donors (Lipinski definition) is 1. The first-order chi connectivity index (χ1) is 8.13. The molecule has 90 valence electrons. The molecule has 2 aromatic rings. The lowest BCUT2D eigenvalue weighted by atomic mass is 10.1. The molecule has 0 bridgehead atoms. The Labute approximate surface area is 98.4 Å². The second kappa shape index (κ2) is 4.49. The molecular weight excluding hydrogens is 220 g/mol. The van der Waals surface area contributed by atoms with E-state index < -0.39 is 5.63 Å². The summed E-state index contributed by atoms with van der Waals surface area (Å²) in [5.41, 5.74) is 0.540. The first-order valence-corrected chi connectivity index (χ1v) is 5.52. The second-order valence-corrected chi connectivity index (χ2v) is 3.86. The molecule has 4 heteroatoms. The molecule has 4 nitrogen and oxygen atoms in total. The molecule has 0 amide bonds. The van der Waals surface area contributed by atoms with Crippen molar-refractivity contribution >= 4 is 11.0 Å². The predicted octanol–water partition coefficient (Wildman–Crippen LogP) is 2.60. The molecule has 0 unspecified atom stereocenters. The molecule has 0 saturated carbocycles. The molecule has 1 aromatic carbocycles. The Hall–Kier alpha value is -1.97. The van der Waals surface area contributed by atoms with Crippen molar-refractivity contribution in [2.75, 3.05) is 6.61 Å². The van der Waals surface area contributed by atoms with E-state index in [1.807, 2.05) is 6.92 Å². The highest BCUT2D eigenvalue weighted by Gasteiger charge is 2.10. The minimum atomic E-state index is -0.564. The van der Waals surface area contributed by atoms with Crippen LogP contribution < -0.4 is 10.4 Å². The van der Waals surface area contributed by atoms with E-state index in [-0.39, 0.29) is 5.75 Å². The molecule has 0 saturated heterocycles. The third-order valence-electron chi connectivity index (χ3n) is 2.55. The van der Waals surface area contributed by atoms with Crippen molar-refractivity contribution in [2.24, 2.45) is 0 Å². The summed E-state index contributed by atoms with van der Waals surface area (Å²) in [6.45, 7) is 4.42. The van der Waals surface area contributed by atoms with Crippen molar-refractivity contribution in [3.63, 3.8) is 0 Å². The van der Waals surface area contributed by atoms with E-state index in [0.717, 1.165) is 18.1 Å². The molecule has 0 aliphatic heterocycles. The van der Waals surface area contributed by atoms with Crippen molar-refractivity contribution in [1.29, 1.82) is 0 Å². The van der Waals surface area contributed by atoms with Crippen LogP contribution in [0.15, 0.2) is 27.4 Å². The maximum Gasteiger partial charge on any atom is 0.339 e. The lowest BCUT2D eigenvalue weighted by molar-refractivity contribution is 0.315. The van der Waals surface area contributed by atoms with Crippen LogP contribution >= 0.6 is 0 Å². The van der Waals surface area contributed by atoms with Gasteiger partial charge in [0.15, 0.2) is 0 Å². The number of benzene rings is 1. The summed E-state index contributed by atoms with van der Waals surface area (Å²) in [5, 5.41) is 10.2. The second-order valence-electron chi connectivity index (χ2n) is 3.86. The van der Waals surface area contributed by atoms with Gasteiger partial charge in [-0.05, 0) is 25.5 Å². The van der Waals surface area contributed by atoms with Crippen molar-refractivity contribution in [2.45, 2.75) is 20.3 Å². The van der Waals surface area contributed by atoms with Gasteiger partial charge >= 0.3 is 5.63 Å². The molecule has 0 aliphatic rings. The van der Waals surface area contributed by atoms with Gasteiger partial charge in [0.1, 0.15) is 17.1 Å². The first kappa shape index (κ1) is 11.5. The largest absolute Gasteiger partial charge is 0.507 e. The maximum atomic E-state index is 11.2. The quantitative estimate of drug-likeness (QED) is 0.829. The third-order valence-corrected chi connectivity index (χ3v) is 2.55. The summed E-state index contributed by atoms with van der Waals surface area (Å²) in [5.74, 6) is 0.606. The molecule has 0 atom stereocenters. The van der Waals surface area contributed by atoms with Gasteiger partial charge in [0.05, 0.1) is 18.1 Å². The van der Waals surface area contributed by atoms with Gasteiger partial charge < -0.3 is 14.3 Å². The van der Waals surface area contributed by atoms with Gasteiger partial charge in [0.2, 0.25) is 0 Å². The van der Waals surface area contributed by atoms with Crippen molar-refractivity contribution < 1.29 is 14.3 Å². The summed E-state index contributed by atoms with van der Waals surface area (Å²) in [7, 11) is 0. The van der Waals surface area contributed by atoms with E-state index >= 15 is 0 Å². The van der Waals surface area contributed by atoms with Crippen molar-refractivity contribution in [3.8, 4) is 11.5 Å². The van der Waals surface area contributed by atoms with Gasteiger partial charge in [-0.25, -0.2) is 4.79 Å². The fourth-order valence-corrected chi connectivity index (χ4v) is 1.69. The Morgan fingerprint density at radius 3 is 2.88 bits per heavy atom. The zero-order valence-electron chi connectivity index (χ0n) is 9.82. The average molecular weight is 234 g/mol. The highest BCUT2D eigenvalue weighted by molar-refractivity contribution is 5.86. The van der Waals surface area contributed by atoms with Crippen LogP contribution in [0.25, 0.3) is 11.0 Å². The Morgan fingerprint density at radius 2 is 2.18 bits per heavy atom. The highest BCUT2D eigenvalue weighted by atomic mass is 16.5. The van der Waals surface area contributed by atoms with Crippen LogP contribution in [0, 0.1) is 6.92 Å². The van der Waals surface area contributed by atoms with Gasteiger partial charge in [0, 0.05) is 5.56 Å². The summed E-state index contributed by atoms with van der Waals surface area (Å²) >= 11 is 0. The Kier molecular flexibility index (Phi) is 3.04. The van der Waals surface area contributed by atoms with Crippen LogP contribution in [-0.4, -0.2) is 11.7 Å². The van der Waals surface area contributed by atoms with Crippen molar-refractivity contribution in [3.05, 3.63) is 34.2 Å². The van der Waals surface area contributed by atoms with Gasteiger partial charge in [0.25, 0.3) is 0 Å². The molecule has 0 radical (unpaired) electrons. The molecular formula is C13H14O4. The first-order valence-electron chi connectivity index (χ1n) is 5.52. The topological polar surface area (TPSA) is 59.7 Å². The normalized spacial score (nSPS) is 10.7. The Balaban J connectivity index is 2.62. The van der Waals surface area contributed by atoms with Crippen molar-refractivity contribution in [1.82, 2.24) is 0 Å². The van der Waals surface area contributed by atoms with Crippen LogP contribution in [0.5, 0.6) is 11.5 Å². The van der Waals surface area contributed by atoms with Gasteiger partial charge in [-0.15, -0.1) is 0 Å². The Bertz CT molecular complexity index is 598. The number of aromatic hydroxyl groups is 1. The van der Waals surface area contributed by atoms with E-state index in [4.69, 9.17) is 9.15 Å². The standard InChI is InChI=1S/C13H14O4/c1-3-6-16-11-5-4-9-10(14)7-12(15)17-13(9)8(11)2/h4-5,7,14H,3,6H2,1-2H3. The summed E-state index contributed by atoms with van der Waals surface area (Å²) in [6, 6.07) is 4.52. The molecule has 0 spiro atoms. The molecule has 17 heavy (non-hydrogen) atoms. The lowest BCUT2D eigenvalue weighted by Crippen LogP contribution is -2.00. The molecule has 1 N–H and O–H groups in total. The zero-order valence-corrected chi connectivity index (χ0v) is 9.82. The van der Waals surface area contributed by atoms with Crippen LogP contribution in [-0.2, 0) is 0 Å². The fraction of sp³-hybridized carbons (Fsp3) is 0.308. The molecule has 1 heterocycles. The lowest BCUT2D eigenvalue weighted by Gasteiger charge is -2.09. The summed E-state index contributed by atoms with van der Waals surface area (Å²) in [6.07, 6.45) is 0.904. The number of ether oxygens (including phenoxy) is 1. The summed E-state index contributed by atoms with van der Waals surface area (Å²) in [4.78, 5) is 11.2. The maximum absolute atomic E-state index is 11.2. The minimum absolute atomic E-state index is 0.0682. The van der Waals surface area contributed by atoms with Crippen LogP contribution in [0.3, 0.4) is 0 Å². The van der Waals surface area contributed by atoms with E-state index in [1.165, 1.54) is 0 Å². The average Bonchev–Trinajstić information content (AvgIpc) is 2.29. The van der Waals surface area contributed by atoms with E-state index in [9.17, 15) is 9.90 Å². The fourth-order valence-electron chi connectivity index (χ4n) is 1.69. The van der Waals surface area contributed by atoms with Crippen LogP contribution in [0.2, 0.25) is 0 Å². The van der Waals surface area contributed by atoms with E-state index in [1.54, 1.807) is 19.1 Å². The third kappa shape index (κ3) is 2.11. The van der Waals surface area contributed by atoms with E-state index in [2.05, 4.69) is 0 Å². The zero-order chi connectivity index (χ0) is 12.4. The number of fused-ring (bicyclic) bond motifs is 1. The van der Waals surface area contributed by atoms with Gasteiger partial charge in [-0.1, -0.05) is 6.92 Å². The summed E-state index contributed by atoms with van der Waals surface area (Å²) < 4.78 is 10.6. The molecule has 1 aromatic heterocycles. The molecule has 0 aliphatic carbocycles. The van der Waals surface area contributed by atoms with Gasteiger partial charge in [-0.2, -0.15) is 0 Å². The smallest absolute Gasteiger partial charge is 0.339 e. The number of rotatable bonds is 3. The molecule has 0 fully saturated rings. The monoisotopic (exact) mass is 234 g/mol. The van der Waals surface area contributed by atoms with Gasteiger partial charge in [-0.3, -0.25) is 0 Å². The molecule has 2 rings (SSSR count). The van der Waals surface area contributed by atoms with E-state index in [0.29, 0.717) is 23.3 Å². The van der Waals surface area contributed by atoms with Crippen LogP contribution in [0.1, 0.15) is 18.9 Å². The minimum Gasteiger partial charge on any atom is -0.507 e. The SMILES string of the molecule is CCCOc1ccc2c(O)cc(=O)oc2c1C. The van der Waals surface area contributed by atoms with Crippen LogP contribution in [0.4, 0.5) is 0 Å². The number of aryl methyl sites for hydroxylation is 1. The highest BCUT2D eigenvalue weighted by Crippen LogP contribution is 2.30. The Morgan fingerprint density at radius 1 is 1.41 bits per heavy atom. The predicted molar refractivity (Wildman–Crippen MR) is 64.7 cm³/mol.